The number of aromatic nitrogens is 1. The fraction of sp³-hybridized carbons (Fsp3) is 0.294. The first-order valence-corrected chi connectivity index (χ1v) is 8.13. The van der Waals surface area contributed by atoms with Gasteiger partial charge in [0.25, 0.3) is 0 Å². The van der Waals surface area contributed by atoms with Crippen LogP contribution in [-0.4, -0.2) is 27.3 Å². The number of rotatable bonds is 5. The van der Waals surface area contributed by atoms with Crippen molar-refractivity contribution in [1.29, 1.82) is 0 Å². The number of hydrogen-bond donors (Lipinski definition) is 2. The molecule has 0 aliphatic rings. The molecule has 2 unspecified atom stereocenters. The highest BCUT2D eigenvalue weighted by Gasteiger charge is 2.59. The van der Waals surface area contributed by atoms with Gasteiger partial charge in [0.1, 0.15) is 5.15 Å². The van der Waals surface area contributed by atoms with E-state index in [2.05, 4.69) is 4.98 Å². The molecular weight excluding hydrogens is 394 g/mol. The number of halogens is 5. The summed E-state index contributed by atoms with van der Waals surface area (Å²) in [7, 11) is 0. The molecule has 0 aliphatic carbocycles. The number of carbonyl (C=O) groups is 1. The minimum Gasteiger partial charge on any atom is -0.481 e. The van der Waals surface area contributed by atoms with Crippen LogP contribution >= 0.6 is 23.2 Å². The number of carboxylic acids is 1. The van der Waals surface area contributed by atoms with Gasteiger partial charge in [0.05, 0.1) is 6.42 Å². The molecule has 0 fully saturated rings. The van der Waals surface area contributed by atoms with Crippen molar-refractivity contribution in [2.24, 2.45) is 0 Å². The van der Waals surface area contributed by atoms with Crippen LogP contribution in [0.15, 0.2) is 36.5 Å². The number of pyridine rings is 1. The van der Waals surface area contributed by atoms with E-state index in [1.807, 2.05) is 0 Å². The first kappa shape index (κ1) is 20.5. The van der Waals surface area contributed by atoms with Crippen LogP contribution in [0.3, 0.4) is 0 Å². The van der Waals surface area contributed by atoms with Crippen LogP contribution in [0, 0.1) is 0 Å². The standard InChI is InChI=1S/C17H14Cl2F3NO3/c1-9(12-3-2-10(6-13(12)18)7-15(24)25)16(26,17(20,21)22)11-4-5-23-14(19)8-11/h2-6,8-9,26H,7H2,1H3,(H,24,25). The second-order valence-electron chi connectivity index (χ2n) is 5.78. The largest absolute Gasteiger partial charge is 0.481 e. The Labute approximate surface area is 157 Å². The monoisotopic (exact) mass is 407 g/mol. The molecule has 1 aromatic heterocycles. The molecule has 2 N–H and O–H groups in total. The van der Waals surface area contributed by atoms with E-state index in [4.69, 9.17) is 28.3 Å². The van der Waals surface area contributed by atoms with E-state index in [9.17, 15) is 23.1 Å². The number of benzene rings is 1. The van der Waals surface area contributed by atoms with Crippen LogP contribution in [0.2, 0.25) is 10.2 Å². The summed E-state index contributed by atoms with van der Waals surface area (Å²) in [5.41, 5.74) is -3.38. The zero-order valence-corrected chi connectivity index (χ0v) is 14.9. The third-order valence-corrected chi connectivity index (χ3v) is 4.65. The normalized spacial score (nSPS) is 15.3. The summed E-state index contributed by atoms with van der Waals surface area (Å²) in [4.78, 5) is 14.4. The van der Waals surface area contributed by atoms with Gasteiger partial charge in [0.15, 0.2) is 5.60 Å². The average Bonchev–Trinajstić information content (AvgIpc) is 2.52. The number of aliphatic carboxylic acids is 1. The van der Waals surface area contributed by atoms with Crippen LogP contribution in [0.5, 0.6) is 0 Å². The van der Waals surface area contributed by atoms with Crippen molar-refractivity contribution in [1.82, 2.24) is 4.98 Å². The van der Waals surface area contributed by atoms with Crippen molar-refractivity contribution in [3.63, 3.8) is 0 Å². The van der Waals surface area contributed by atoms with Crippen LogP contribution in [0.4, 0.5) is 13.2 Å². The maximum Gasteiger partial charge on any atom is 0.422 e. The third kappa shape index (κ3) is 3.95. The molecule has 1 aromatic carbocycles. The zero-order valence-electron chi connectivity index (χ0n) is 13.4. The Balaban J connectivity index is 2.55. The molecule has 1 heterocycles. The number of nitrogens with zero attached hydrogens (tertiary/aromatic N) is 1. The Hall–Kier alpha value is -1.83. The molecule has 0 saturated carbocycles. The minimum absolute atomic E-state index is 0.0218. The molecule has 0 radical (unpaired) electrons. The molecule has 0 amide bonds. The fourth-order valence-electron chi connectivity index (χ4n) is 2.73. The summed E-state index contributed by atoms with van der Waals surface area (Å²) in [5.74, 6) is -2.59. The fourth-order valence-corrected chi connectivity index (χ4v) is 3.27. The van der Waals surface area contributed by atoms with Crippen molar-refractivity contribution in [2.75, 3.05) is 0 Å². The molecule has 0 bridgehead atoms. The number of hydrogen-bond acceptors (Lipinski definition) is 3. The van der Waals surface area contributed by atoms with Crippen molar-refractivity contribution in [3.05, 3.63) is 63.4 Å². The van der Waals surface area contributed by atoms with Gasteiger partial charge < -0.3 is 10.2 Å². The van der Waals surface area contributed by atoms with Crippen molar-refractivity contribution < 1.29 is 28.2 Å². The molecule has 26 heavy (non-hydrogen) atoms. The molecule has 0 saturated heterocycles. The Morgan fingerprint density at radius 1 is 1.23 bits per heavy atom. The van der Waals surface area contributed by atoms with E-state index in [1.165, 1.54) is 25.1 Å². The molecule has 4 nitrogen and oxygen atoms in total. The molecule has 2 aromatic rings. The summed E-state index contributed by atoms with van der Waals surface area (Å²) < 4.78 is 41.4. The van der Waals surface area contributed by atoms with Gasteiger partial charge in [-0.2, -0.15) is 13.2 Å². The van der Waals surface area contributed by atoms with Gasteiger partial charge in [0.2, 0.25) is 0 Å². The van der Waals surface area contributed by atoms with E-state index in [1.54, 1.807) is 0 Å². The van der Waals surface area contributed by atoms with Crippen LogP contribution in [0.1, 0.15) is 29.5 Å². The van der Waals surface area contributed by atoms with E-state index in [0.29, 0.717) is 5.56 Å². The molecule has 9 heteroatoms. The lowest BCUT2D eigenvalue weighted by molar-refractivity contribution is -0.274. The highest BCUT2D eigenvalue weighted by Crippen LogP contribution is 2.49. The second kappa shape index (κ2) is 7.42. The summed E-state index contributed by atoms with van der Waals surface area (Å²) in [6.45, 7) is 1.18. The smallest absolute Gasteiger partial charge is 0.422 e. The van der Waals surface area contributed by atoms with Crippen LogP contribution in [0.25, 0.3) is 0 Å². The maximum atomic E-state index is 13.8. The lowest BCUT2D eigenvalue weighted by Gasteiger charge is -2.37. The molecule has 0 aliphatic heterocycles. The lowest BCUT2D eigenvalue weighted by Crippen LogP contribution is -2.46. The van der Waals surface area contributed by atoms with Crippen molar-refractivity contribution in [2.45, 2.75) is 31.0 Å². The van der Waals surface area contributed by atoms with Gasteiger partial charge in [0, 0.05) is 17.1 Å². The average molecular weight is 408 g/mol. The Bertz CT molecular complexity index is 829. The third-order valence-electron chi connectivity index (χ3n) is 4.11. The van der Waals surface area contributed by atoms with Gasteiger partial charge in [-0.15, -0.1) is 0 Å². The number of carboxylic acid groups (broad SMARTS) is 1. The molecule has 0 spiro atoms. The summed E-state index contributed by atoms with van der Waals surface area (Å²) in [5, 5.41) is 19.2. The number of alkyl halides is 3. The van der Waals surface area contributed by atoms with E-state index >= 15 is 0 Å². The second-order valence-corrected chi connectivity index (χ2v) is 6.57. The zero-order chi connectivity index (χ0) is 19.7. The van der Waals surface area contributed by atoms with Gasteiger partial charge in [-0.3, -0.25) is 4.79 Å². The maximum absolute atomic E-state index is 13.8. The van der Waals surface area contributed by atoms with Crippen molar-refractivity contribution in [3.8, 4) is 0 Å². The van der Waals surface area contributed by atoms with E-state index in [-0.39, 0.29) is 22.2 Å². The SMILES string of the molecule is CC(c1ccc(CC(=O)O)cc1Cl)C(O)(c1ccnc(Cl)c1)C(F)(F)F. The highest BCUT2D eigenvalue weighted by molar-refractivity contribution is 6.31. The predicted molar refractivity (Wildman–Crippen MR) is 90.4 cm³/mol. The Morgan fingerprint density at radius 3 is 2.38 bits per heavy atom. The molecular formula is C17H14Cl2F3NO3. The topological polar surface area (TPSA) is 70.4 Å². The summed E-state index contributed by atoms with van der Waals surface area (Å²) in [6, 6.07) is 5.89. The van der Waals surface area contributed by atoms with Gasteiger partial charge in [-0.1, -0.05) is 42.3 Å². The Kier molecular flexibility index (Phi) is 5.85. The molecule has 2 atom stereocenters. The Morgan fingerprint density at radius 2 is 1.88 bits per heavy atom. The summed E-state index contributed by atoms with van der Waals surface area (Å²) >= 11 is 11.8. The first-order valence-electron chi connectivity index (χ1n) is 7.38. The van der Waals surface area contributed by atoms with Gasteiger partial charge >= 0.3 is 12.1 Å². The van der Waals surface area contributed by atoms with E-state index < -0.39 is 29.2 Å². The van der Waals surface area contributed by atoms with Gasteiger partial charge in [-0.25, -0.2) is 4.98 Å². The van der Waals surface area contributed by atoms with Crippen molar-refractivity contribution >= 4 is 29.2 Å². The number of aliphatic hydroxyl groups is 1. The lowest BCUT2D eigenvalue weighted by atomic mass is 9.78. The van der Waals surface area contributed by atoms with Crippen LogP contribution in [-0.2, 0) is 16.8 Å². The quantitative estimate of drug-likeness (QED) is 0.712. The summed E-state index contributed by atoms with van der Waals surface area (Å²) in [6.07, 6.45) is -4.28. The van der Waals surface area contributed by atoms with Gasteiger partial charge in [-0.05, 0) is 34.9 Å². The predicted octanol–water partition coefficient (Wildman–Crippen LogP) is 4.57. The minimum atomic E-state index is -5.03. The van der Waals surface area contributed by atoms with Crippen LogP contribution < -0.4 is 0 Å². The highest BCUT2D eigenvalue weighted by atomic mass is 35.5. The van der Waals surface area contributed by atoms with E-state index in [0.717, 1.165) is 18.3 Å². The molecule has 2 rings (SSSR count). The first-order chi connectivity index (χ1) is 12.0. The molecule has 140 valence electrons.